The fraction of sp³-hybridized carbons (Fsp3) is 0.150. The fourth-order valence-electron chi connectivity index (χ4n) is 3.00. The summed E-state index contributed by atoms with van der Waals surface area (Å²) in [5.41, 5.74) is 4.96. The summed E-state index contributed by atoms with van der Waals surface area (Å²) in [4.78, 5) is 4.74. The van der Waals surface area contributed by atoms with Gasteiger partial charge in [0.15, 0.2) is 5.76 Å². The molecule has 126 valence electrons. The Morgan fingerprint density at radius 3 is 2.44 bits per heavy atom. The van der Waals surface area contributed by atoms with Crippen LogP contribution >= 0.6 is 11.6 Å². The van der Waals surface area contributed by atoms with E-state index in [4.69, 9.17) is 21.0 Å². The maximum Gasteiger partial charge on any atom is 0.156 e. The highest BCUT2D eigenvalue weighted by Gasteiger charge is 2.18. The van der Waals surface area contributed by atoms with E-state index in [-0.39, 0.29) is 0 Å². The number of halogens is 1. The van der Waals surface area contributed by atoms with Crippen LogP contribution in [0.4, 0.5) is 11.5 Å². The molecule has 1 aromatic carbocycles. The normalized spacial score (nSPS) is 11.2. The van der Waals surface area contributed by atoms with E-state index in [0.717, 1.165) is 34.4 Å². The number of fused-ring (bicyclic) bond motifs is 1. The lowest BCUT2D eigenvalue weighted by atomic mass is 10.1. The first-order chi connectivity index (χ1) is 12.0. The van der Waals surface area contributed by atoms with E-state index in [1.807, 2.05) is 41.8 Å². The van der Waals surface area contributed by atoms with Crippen LogP contribution in [0.15, 0.2) is 53.1 Å². The maximum atomic E-state index is 6.22. The SMILES string of the molecule is Cc1ccc(-c2nc3ccc(Cl)cn3c2Nc2c(C)cccc2C)o1. The molecule has 3 heterocycles. The molecule has 0 fully saturated rings. The molecule has 3 aromatic heterocycles. The minimum absolute atomic E-state index is 0.650. The third-order valence-corrected chi connectivity index (χ3v) is 4.50. The summed E-state index contributed by atoms with van der Waals surface area (Å²) in [5, 5.41) is 4.20. The number of para-hydroxylation sites is 1. The van der Waals surface area contributed by atoms with Gasteiger partial charge in [-0.15, -0.1) is 0 Å². The first-order valence-electron chi connectivity index (χ1n) is 8.10. The summed E-state index contributed by atoms with van der Waals surface area (Å²) in [6.07, 6.45) is 1.86. The Morgan fingerprint density at radius 1 is 1.00 bits per heavy atom. The van der Waals surface area contributed by atoms with E-state index in [0.29, 0.717) is 5.02 Å². The van der Waals surface area contributed by atoms with Crippen molar-refractivity contribution in [2.75, 3.05) is 5.32 Å². The van der Waals surface area contributed by atoms with Crippen LogP contribution in [-0.4, -0.2) is 9.38 Å². The average molecular weight is 352 g/mol. The van der Waals surface area contributed by atoms with E-state index in [9.17, 15) is 0 Å². The minimum Gasteiger partial charge on any atom is -0.460 e. The van der Waals surface area contributed by atoms with Gasteiger partial charge in [-0.3, -0.25) is 4.40 Å². The van der Waals surface area contributed by atoms with Gasteiger partial charge < -0.3 is 9.73 Å². The third kappa shape index (κ3) is 2.79. The molecule has 4 nitrogen and oxygen atoms in total. The van der Waals surface area contributed by atoms with Crippen molar-refractivity contribution in [1.29, 1.82) is 0 Å². The Labute approximate surface area is 151 Å². The molecule has 0 aliphatic rings. The van der Waals surface area contributed by atoms with Gasteiger partial charge in [-0.05, 0) is 56.2 Å². The first-order valence-corrected chi connectivity index (χ1v) is 8.48. The Kier molecular flexibility index (Phi) is 3.77. The zero-order valence-electron chi connectivity index (χ0n) is 14.3. The molecule has 25 heavy (non-hydrogen) atoms. The number of hydrogen-bond donors (Lipinski definition) is 1. The number of aryl methyl sites for hydroxylation is 3. The molecule has 0 amide bonds. The lowest BCUT2D eigenvalue weighted by Gasteiger charge is -2.13. The molecule has 0 bridgehead atoms. The van der Waals surface area contributed by atoms with E-state index >= 15 is 0 Å². The van der Waals surface area contributed by atoms with Gasteiger partial charge >= 0.3 is 0 Å². The number of nitrogens with zero attached hydrogens (tertiary/aromatic N) is 2. The number of imidazole rings is 1. The van der Waals surface area contributed by atoms with Crippen molar-refractivity contribution in [2.24, 2.45) is 0 Å². The van der Waals surface area contributed by atoms with Crippen LogP contribution in [0.2, 0.25) is 5.02 Å². The van der Waals surface area contributed by atoms with E-state index in [2.05, 4.69) is 37.4 Å². The van der Waals surface area contributed by atoms with Crippen molar-refractivity contribution in [1.82, 2.24) is 9.38 Å². The summed E-state index contributed by atoms with van der Waals surface area (Å²) in [7, 11) is 0. The molecule has 0 aliphatic carbocycles. The second-order valence-corrected chi connectivity index (χ2v) is 6.62. The fourth-order valence-corrected chi connectivity index (χ4v) is 3.16. The van der Waals surface area contributed by atoms with Gasteiger partial charge in [-0.25, -0.2) is 4.98 Å². The van der Waals surface area contributed by atoms with Crippen molar-refractivity contribution >= 4 is 28.8 Å². The number of hydrogen-bond acceptors (Lipinski definition) is 3. The minimum atomic E-state index is 0.650. The Hall–Kier alpha value is -2.72. The van der Waals surface area contributed by atoms with Gasteiger partial charge in [0.05, 0.1) is 5.02 Å². The number of aromatic nitrogens is 2. The molecule has 4 aromatic rings. The largest absolute Gasteiger partial charge is 0.460 e. The lowest BCUT2D eigenvalue weighted by Crippen LogP contribution is -2.00. The Morgan fingerprint density at radius 2 is 1.76 bits per heavy atom. The molecule has 0 radical (unpaired) electrons. The second-order valence-electron chi connectivity index (χ2n) is 6.19. The Balaban J connectivity index is 1.95. The molecule has 0 aliphatic heterocycles. The van der Waals surface area contributed by atoms with Crippen molar-refractivity contribution in [3.05, 3.63) is 70.6 Å². The van der Waals surface area contributed by atoms with Gasteiger partial charge in [0.25, 0.3) is 0 Å². The standard InChI is InChI=1S/C20H18ClN3O/c1-12-5-4-6-13(2)18(12)23-20-19(16-9-7-14(3)25-16)22-17-10-8-15(21)11-24(17)20/h4-11,23H,1-3H3. The summed E-state index contributed by atoms with van der Waals surface area (Å²) in [5.74, 6) is 2.42. The number of benzene rings is 1. The van der Waals surface area contributed by atoms with Gasteiger partial charge in [0, 0.05) is 11.9 Å². The van der Waals surface area contributed by atoms with Gasteiger partial charge in [-0.2, -0.15) is 0 Å². The molecule has 0 saturated heterocycles. The van der Waals surface area contributed by atoms with Crippen LogP contribution in [0, 0.1) is 20.8 Å². The van der Waals surface area contributed by atoms with Crippen LogP contribution in [0.25, 0.3) is 17.1 Å². The predicted molar refractivity (Wildman–Crippen MR) is 102 cm³/mol. The number of anilines is 2. The summed E-state index contributed by atoms with van der Waals surface area (Å²) >= 11 is 6.22. The number of pyridine rings is 1. The van der Waals surface area contributed by atoms with Crippen LogP contribution in [0.1, 0.15) is 16.9 Å². The molecule has 5 heteroatoms. The maximum absolute atomic E-state index is 6.22. The summed E-state index contributed by atoms with van der Waals surface area (Å²) < 4.78 is 7.78. The van der Waals surface area contributed by atoms with E-state index in [1.54, 1.807) is 0 Å². The monoisotopic (exact) mass is 351 g/mol. The lowest BCUT2D eigenvalue weighted by molar-refractivity contribution is 0.547. The van der Waals surface area contributed by atoms with Crippen molar-refractivity contribution in [2.45, 2.75) is 20.8 Å². The molecule has 0 atom stereocenters. The molecule has 1 N–H and O–H groups in total. The molecular weight excluding hydrogens is 334 g/mol. The van der Waals surface area contributed by atoms with Gasteiger partial charge in [0.1, 0.15) is 22.9 Å². The smallest absolute Gasteiger partial charge is 0.156 e. The second kappa shape index (κ2) is 5.97. The summed E-state index contributed by atoms with van der Waals surface area (Å²) in [6, 6.07) is 13.8. The predicted octanol–water partition coefficient (Wildman–Crippen LogP) is 5.92. The van der Waals surface area contributed by atoms with Crippen molar-refractivity contribution < 1.29 is 4.42 Å². The molecule has 4 rings (SSSR count). The topological polar surface area (TPSA) is 42.5 Å². The zero-order valence-corrected chi connectivity index (χ0v) is 15.1. The van der Waals surface area contributed by atoms with Crippen LogP contribution < -0.4 is 5.32 Å². The van der Waals surface area contributed by atoms with Crippen molar-refractivity contribution in [3.63, 3.8) is 0 Å². The third-order valence-electron chi connectivity index (χ3n) is 4.28. The van der Waals surface area contributed by atoms with Crippen molar-refractivity contribution in [3.8, 4) is 11.5 Å². The number of rotatable bonds is 3. The highest BCUT2D eigenvalue weighted by Crippen LogP contribution is 2.34. The summed E-state index contributed by atoms with van der Waals surface area (Å²) in [6.45, 7) is 6.10. The molecule has 0 saturated carbocycles. The van der Waals surface area contributed by atoms with Crippen LogP contribution in [0.3, 0.4) is 0 Å². The molecule has 0 unspecified atom stereocenters. The molecule has 0 spiro atoms. The molecular formula is C20H18ClN3O. The van der Waals surface area contributed by atoms with E-state index in [1.165, 1.54) is 11.1 Å². The quantitative estimate of drug-likeness (QED) is 0.498. The van der Waals surface area contributed by atoms with Crippen LogP contribution in [-0.2, 0) is 0 Å². The average Bonchev–Trinajstić information content (AvgIpc) is 3.15. The van der Waals surface area contributed by atoms with Gasteiger partial charge in [-0.1, -0.05) is 29.8 Å². The highest BCUT2D eigenvalue weighted by atomic mass is 35.5. The first kappa shape index (κ1) is 15.8. The zero-order chi connectivity index (χ0) is 17.6. The number of furan rings is 1. The van der Waals surface area contributed by atoms with E-state index < -0.39 is 0 Å². The van der Waals surface area contributed by atoms with Crippen LogP contribution in [0.5, 0.6) is 0 Å². The van der Waals surface area contributed by atoms with Gasteiger partial charge in [0.2, 0.25) is 0 Å². The number of nitrogens with one attached hydrogen (secondary N) is 1. The Bertz CT molecular complexity index is 1060. The highest BCUT2D eigenvalue weighted by molar-refractivity contribution is 6.30.